The van der Waals surface area contributed by atoms with Gasteiger partial charge in [0.15, 0.2) is 0 Å². The summed E-state index contributed by atoms with van der Waals surface area (Å²) >= 11 is 6.61. The van der Waals surface area contributed by atoms with Gasteiger partial charge in [-0.05, 0) is 46.1 Å². The quantitative estimate of drug-likeness (QED) is 0.738. The van der Waals surface area contributed by atoms with Crippen LogP contribution in [0.1, 0.15) is 11.1 Å². The van der Waals surface area contributed by atoms with Crippen molar-refractivity contribution in [1.82, 2.24) is 0 Å². The minimum atomic E-state index is -0.616. The molecular weight excluding hydrogens is 380 g/mol. The van der Waals surface area contributed by atoms with Crippen LogP contribution in [-0.4, -0.2) is 0 Å². The molecule has 0 fully saturated rings. The molecule has 0 saturated heterocycles. The van der Waals surface area contributed by atoms with E-state index in [2.05, 4.69) is 37.2 Å². The molecule has 0 amide bonds. The van der Waals surface area contributed by atoms with Crippen LogP contribution in [0.5, 0.6) is 0 Å². The Morgan fingerprint density at radius 2 is 1.79 bits per heavy atom. The van der Waals surface area contributed by atoms with E-state index < -0.39 is 11.6 Å². The van der Waals surface area contributed by atoms with E-state index in [-0.39, 0.29) is 5.69 Å². The highest BCUT2D eigenvalue weighted by Crippen LogP contribution is 2.28. The number of hydrogen-bond donors (Lipinski definition) is 1. The first kappa shape index (κ1) is 14.5. The van der Waals surface area contributed by atoms with Crippen LogP contribution < -0.4 is 5.32 Å². The Morgan fingerprint density at radius 1 is 1.05 bits per heavy atom. The fourth-order valence-corrected chi connectivity index (χ4v) is 2.87. The lowest BCUT2D eigenvalue weighted by Crippen LogP contribution is -2.03. The summed E-state index contributed by atoms with van der Waals surface area (Å²) in [4.78, 5) is 0. The lowest BCUT2D eigenvalue weighted by atomic mass is 10.1. The summed E-state index contributed by atoms with van der Waals surface area (Å²) in [5.41, 5.74) is 2.40. The third kappa shape index (κ3) is 3.54. The van der Waals surface area contributed by atoms with Gasteiger partial charge in [-0.1, -0.05) is 28.1 Å². The van der Waals surface area contributed by atoms with Crippen molar-refractivity contribution in [2.24, 2.45) is 0 Å². The molecule has 2 aromatic carbocycles. The average Bonchev–Trinajstić information content (AvgIpc) is 2.30. The van der Waals surface area contributed by atoms with E-state index in [0.717, 1.165) is 21.7 Å². The third-order valence-electron chi connectivity index (χ3n) is 2.67. The van der Waals surface area contributed by atoms with Gasteiger partial charge in [0.1, 0.15) is 11.6 Å². The van der Waals surface area contributed by atoms with E-state index in [1.54, 1.807) is 0 Å². The first-order valence-electron chi connectivity index (χ1n) is 5.61. The Labute approximate surface area is 127 Å². The molecule has 100 valence electrons. The molecule has 0 aromatic heterocycles. The van der Waals surface area contributed by atoms with Crippen molar-refractivity contribution in [1.29, 1.82) is 0 Å². The number of anilines is 1. The fourth-order valence-electron chi connectivity index (χ4n) is 1.69. The van der Waals surface area contributed by atoms with E-state index in [4.69, 9.17) is 0 Å². The van der Waals surface area contributed by atoms with Crippen LogP contribution in [-0.2, 0) is 6.54 Å². The normalized spacial score (nSPS) is 10.6. The maximum Gasteiger partial charge on any atom is 0.150 e. The van der Waals surface area contributed by atoms with Crippen LogP contribution in [0, 0.1) is 18.6 Å². The molecule has 0 aliphatic heterocycles. The van der Waals surface area contributed by atoms with Gasteiger partial charge in [0, 0.05) is 21.6 Å². The van der Waals surface area contributed by atoms with Crippen molar-refractivity contribution in [3.05, 3.63) is 62.0 Å². The number of hydrogen-bond acceptors (Lipinski definition) is 1. The molecule has 0 atom stereocenters. The second kappa shape index (κ2) is 6.01. The van der Waals surface area contributed by atoms with Gasteiger partial charge < -0.3 is 5.32 Å². The van der Waals surface area contributed by atoms with Crippen LogP contribution in [0.2, 0.25) is 0 Å². The zero-order valence-electron chi connectivity index (χ0n) is 10.1. The fraction of sp³-hybridized carbons (Fsp3) is 0.143. The second-order valence-electron chi connectivity index (χ2n) is 4.19. The van der Waals surface area contributed by atoms with Gasteiger partial charge in [-0.3, -0.25) is 0 Å². The molecule has 0 saturated carbocycles. The SMILES string of the molecule is Cc1ccc(CNc2c(F)cc(F)cc2Br)c(Br)c1. The maximum atomic E-state index is 13.6. The Morgan fingerprint density at radius 3 is 2.42 bits per heavy atom. The van der Waals surface area contributed by atoms with Crippen molar-refractivity contribution < 1.29 is 8.78 Å². The first-order valence-corrected chi connectivity index (χ1v) is 7.19. The Bertz CT molecular complexity index is 591. The van der Waals surface area contributed by atoms with Crippen molar-refractivity contribution in [2.45, 2.75) is 13.5 Å². The van der Waals surface area contributed by atoms with E-state index in [0.29, 0.717) is 11.0 Å². The Balaban J connectivity index is 2.19. The van der Waals surface area contributed by atoms with Gasteiger partial charge in [-0.25, -0.2) is 8.78 Å². The highest BCUT2D eigenvalue weighted by molar-refractivity contribution is 9.11. The largest absolute Gasteiger partial charge is 0.378 e. The van der Waals surface area contributed by atoms with Gasteiger partial charge >= 0.3 is 0 Å². The summed E-state index contributed by atoms with van der Waals surface area (Å²) in [7, 11) is 0. The summed E-state index contributed by atoms with van der Waals surface area (Å²) in [6.07, 6.45) is 0. The summed E-state index contributed by atoms with van der Waals surface area (Å²) in [5.74, 6) is -1.22. The maximum absolute atomic E-state index is 13.6. The van der Waals surface area contributed by atoms with Gasteiger partial charge in [-0.15, -0.1) is 0 Å². The predicted molar refractivity (Wildman–Crippen MR) is 80.3 cm³/mol. The molecule has 19 heavy (non-hydrogen) atoms. The molecule has 0 spiro atoms. The summed E-state index contributed by atoms with van der Waals surface area (Å²) in [6, 6.07) is 8.03. The number of rotatable bonds is 3. The van der Waals surface area contributed by atoms with Gasteiger partial charge in [-0.2, -0.15) is 0 Å². The third-order valence-corrected chi connectivity index (χ3v) is 4.03. The van der Waals surface area contributed by atoms with Crippen LogP contribution in [0.4, 0.5) is 14.5 Å². The molecule has 0 heterocycles. The highest BCUT2D eigenvalue weighted by atomic mass is 79.9. The van der Waals surface area contributed by atoms with Gasteiger partial charge in [0.05, 0.1) is 5.69 Å². The summed E-state index contributed by atoms with van der Waals surface area (Å²) in [6.45, 7) is 2.44. The average molecular weight is 391 g/mol. The molecule has 2 rings (SSSR count). The number of aryl methyl sites for hydroxylation is 1. The molecule has 0 unspecified atom stereocenters. The van der Waals surface area contributed by atoms with E-state index in [9.17, 15) is 8.78 Å². The van der Waals surface area contributed by atoms with Crippen LogP contribution in [0.15, 0.2) is 39.3 Å². The zero-order chi connectivity index (χ0) is 14.0. The second-order valence-corrected chi connectivity index (χ2v) is 5.90. The highest BCUT2D eigenvalue weighted by Gasteiger charge is 2.10. The molecule has 2 aromatic rings. The standard InChI is InChI=1S/C14H11Br2F2N/c1-8-2-3-9(11(15)4-8)7-19-14-12(16)5-10(17)6-13(14)18/h2-6,19H,7H2,1H3. The lowest BCUT2D eigenvalue weighted by Gasteiger charge is -2.11. The number of halogens is 4. The van der Waals surface area contributed by atoms with E-state index in [1.807, 2.05) is 25.1 Å². The molecule has 0 aliphatic rings. The minimum Gasteiger partial charge on any atom is -0.378 e. The smallest absolute Gasteiger partial charge is 0.150 e. The van der Waals surface area contributed by atoms with E-state index >= 15 is 0 Å². The van der Waals surface area contributed by atoms with Crippen LogP contribution >= 0.6 is 31.9 Å². The lowest BCUT2D eigenvalue weighted by molar-refractivity contribution is 0.583. The number of nitrogens with one attached hydrogen (secondary N) is 1. The molecule has 1 nitrogen and oxygen atoms in total. The molecule has 1 N–H and O–H groups in total. The topological polar surface area (TPSA) is 12.0 Å². The van der Waals surface area contributed by atoms with Crippen LogP contribution in [0.25, 0.3) is 0 Å². The Hall–Kier alpha value is -0.940. The first-order chi connectivity index (χ1) is 8.97. The molecule has 0 radical (unpaired) electrons. The molecule has 5 heteroatoms. The molecule has 0 bridgehead atoms. The molecule has 0 aliphatic carbocycles. The van der Waals surface area contributed by atoms with Crippen molar-refractivity contribution in [3.8, 4) is 0 Å². The van der Waals surface area contributed by atoms with E-state index in [1.165, 1.54) is 6.07 Å². The predicted octanol–water partition coefficient (Wildman–Crippen LogP) is 5.41. The monoisotopic (exact) mass is 389 g/mol. The number of benzene rings is 2. The van der Waals surface area contributed by atoms with Crippen molar-refractivity contribution >= 4 is 37.5 Å². The van der Waals surface area contributed by atoms with Crippen molar-refractivity contribution in [3.63, 3.8) is 0 Å². The van der Waals surface area contributed by atoms with Crippen molar-refractivity contribution in [2.75, 3.05) is 5.32 Å². The van der Waals surface area contributed by atoms with Crippen LogP contribution in [0.3, 0.4) is 0 Å². The summed E-state index contributed by atoms with van der Waals surface area (Å²) < 4.78 is 27.9. The van der Waals surface area contributed by atoms with Gasteiger partial charge in [0.25, 0.3) is 0 Å². The molecular formula is C14H11Br2F2N. The van der Waals surface area contributed by atoms with Gasteiger partial charge in [0.2, 0.25) is 0 Å². The Kier molecular flexibility index (Phi) is 4.58. The summed E-state index contributed by atoms with van der Waals surface area (Å²) in [5, 5.41) is 2.97. The minimum absolute atomic E-state index is 0.258. The zero-order valence-corrected chi connectivity index (χ0v) is 13.3.